The van der Waals surface area contributed by atoms with Crippen LogP contribution in [0.1, 0.15) is 28.5 Å². The summed E-state index contributed by atoms with van der Waals surface area (Å²) in [5.41, 5.74) is 2.87. The number of hydrogen-bond acceptors (Lipinski definition) is 5. The summed E-state index contributed by atoms with van der Waals surface area (Å²) in [6.45, 7) is 2.64. The molecule has 4 aromatic rings. The maximum Gasteiger partial charge on any atom is 0.355 e. The number of nitrogens with one attached hydrogen (secondary N) is 1. The SMILES string of the molecule is CCOC(=O)c1c(CNCC(=O)OC)c2ccccc2n1Cc1cccc2ccc(F)cc12. The Balaban J connectivity index is 1.85. The van der Waals surface area contributed by atoms with Crippen LogP contribution in [0.25, 0.3) is 21.7 Å². The fraction of sp³-hybridized carbons (Fsp3) is 0.231. The lowest BCUT2D eigenvalue weighted by Gasteiger charge is -2.14. The third-order valence-electron chi connectivity index (χ3n) is 5.61. The summed E-state index contributed by atoms with van der Waals surface area (Å²) in [7, 11) is 1.33. The first kappa shape index (κ1) is 22.5. The predicted molar refractivity (Wildman–Crippen MR) is 125 cm³/mol. The summed E-state index contributed by atoms with van der Waals surface area (Å²) in [6, 6.07) is 18.2. The van der Waals surface area contributed by atoms with Gasteiger partial charge in [0.05, 0.1) is 20.3 Å². The molecule has 3 aromatic carbocycles. The second kappa shape index (κ2) is 9.83. The summed E-state index contributed by atoms with van der Waals surface area (Å²) >= 11 is 0. The average Bonchev–Trinajstić information content (AvgIpc) is 3.13. The minimum Gasteiger partial charge on any atom is -0.468 e. The average molecular weight is 448 g/mol. The zero-order valence-corrected chi connectivity index (χ0v) is 18.6. The van der Waals surface area contributed by atoms with Crippen molar-refractivity contribution >= 4 is 33.6 Å². The molecule has 0 amide bonds. The smallest absolute Gasteiger partial charge is 0.355 e. The number of ether oxygens (including phenoxy) is 2. The van der Waals surface area contributed by atoms with Gasteiger partial charge < -0.3 is 19.4 Å². The molecule has 0 spiro atoms. The highest BCUT2D eigenvalue weighted by molar-refractivity contribution is 5.99. The summed E-state index contributed by atoms with van der Waals surface area (Å²) in [5, 5.41) is 5.64. The summed E-state index contributed by atoms with van der Waals surface area (Å²) in [5.74, 6) is -1.16. The second-order valence-electron chi connectivity index (χ2n) is 7.61. The highest BCUT2D eigenvalue weighted by atomic mass is 19.1. The van der Waals surface area contributed by atoms with Gasteiger partial charge in [0.1, 0.15) is 11.5 Å². The van der Waals surface area contributed by atoms with Gasteiger partial charge in [-0.1, -0.05) is 42.5 Å². The van der Waals surface area contributed by atoms with Crippen molar-refractivity contribution in [2.24, 2.45) is 0 Å². The summed E-state index contributed by atoms with van der Waals surface area (Å²) in [6.07, 6.45) is 0. The first-order valence-corrected chi connectivity index (χ1v) is 10.8. The van der Waals surface area contributed by atoms with Gasteiger partial charge in [0, 0.05) is 29.6 Å². The van der Waals surface area contributed by atoms with Gasteiger partial charge in [-0.05, 0) is 41.5 Å². The van der Waals surface area contributed by atoms with Crippen molar-refractivity contribution < 1.29 is 23.5 Å². The van der Waals surface area contributed by atoms with E-state index in [4.69, 9.17) is 9.47 Å². The molecule has 1 heterocycles. The van der Waals surface area contributed by atoms with Crippen molar-refractivity contribution in [3.8, 4) is 0 Å². The molecule has 0 aliphatic rings. The molecule has 0 atom stereocenters. The van der Waals surface area contributed by atoms with Gasteiger partial charge in [-0.15, -0.1) is 0 Å². The molecule has 0 bridgehead atoms. The number of carbonyl (C=O) groups excluding carboxylic acids is 2. The maximum atomic E-state index is 14.0. The molecule has 0 radical (unpaired) electrons. The first-order valence-electron chi connectivity index (χ1n) is 10.8. The van der Waals surface area contributed by atoms with Crippen molar-refractivity contribution in [1.29, 1.82) is 0 Å². The van der Waals surface area contributed by atoms with Crippen LogP contribution in [0, 0.1) is 5.82 Å². The first-order chi connectivity index (χ1) is 16.0. The molecule has 33 heavy (non-hydrogen) atoms. The number of aromatic nitrogens is 1. The number of nitrogens with zero attached hydrogens (tertiary/aromatic N) is 1. The number of rotatable bonds is 8. The second-order valence-corrected chi connectivity index (χ2v) is 7.61. The number of benzene rings is 3. The Morgan fingerprint density at radius 2 is 1.85 bits per heavy atom. The minimum atomic E-state index is -0.449. The lowest BCUT2D eigenvalue weighted by Crippen LogP contribution is -2.25. The molecule has 0 fully saturated rings. The van der Waals surface area contributed by atoms with Crippen molar-refractivity contribution in [2.45, 2.75) is 20.0 Å². The van der Waals surface area contributed by atoms with Gasteiger partial charge in [-0.2, -0.15) is 0 Å². The largest absolute Gasteiger partial charge is 0.468 e. The summed E-state index contributed by atoms with van der Waals surface area (Å²) in [4.78, 5) is 24.7. The van der Waals surface area contributed by atoms with E-state index in [-0.39, 0.29) is 25.5 Å². The van der Waals surface area contributed by atoms with Gasteiger partial charge in [0.15, 0.2) is 0 Å². The van der Waals surface area contributed by atoms with Gasteiger partial charge in [-0.3, -0.25) is 4.79 Å². The standard InChI is InChI=1S/C26H25FN2O4/c1-3-33-26(31)25-22(14-28-15-24(30)32-2)20-9-4-5-10-23(20)29(25)16-18-8-6-7-17-11-12-19(27)13-21(17)18/h4-13,28H,3,14-16H2,1-2H3. The molecular weight excluding hydrogens is 423 g/mol. The molecular formula is C26H25FN2O4. The van der Waals surface area contributed by atoms with Gasteiger partial charge in [0.25, 0.3) is 0 Å². The number of halogens is 1. The van der Waals surface area contributed by atoms with Gasteiger partial charge in [-0.25, -0.2) is 9.18 Å². The molecule has 0 aliphatic heterocycles. The number of carbonyl (C=O) groups is 2. The van der Waals surface area contributed by atoms with Crippen LogP contribution in [0.2, 0.25) is 0 Å². The van der Waals surface area contributed by atoms with Crippen LogP contribution in [-0.4, -0.2) is 36.8 Å². The van der Waals surface area contributed by atoms with Crippen LogP contribution in [0.15, 0.2) is 60.7 Å². The number of hydrogen-bond donors (Lipinski definition) is 1. The quantitative estimate of drug-likeness (QED) is 0.404. The molecule has 170 valence electrons. The molecule has 0 unspecified atom stereocenters. The van der Waals surface area contributed by atoms with Crippen molar-refractivity contribution in [1.82, 2.24) is 9.88 Å². The van der Waals surface area contributed by atoms with E-state index in [1.807, 2.05) is 47.0 Å². The zero-order valence-electron chi connectivity index (χ0n) is 18.6. The Bertz CT molecular complexity index is 1330. The third kappa shape index (κ3) is 4.59. The van der Waals surface area contributed by atoms with E-state index in [1.165, 1.54) is 19.2 Å². The Morgan fingerprint density at radius 1 is 1.03 bits per heavy atom. The Hall–Kier alpha value is -3.71. The van der Waals surface area contributed by atoms with Crippen LogP contribution in [-0.2, 0) is 27.4 Å². The molecule has 4 rings (SSSR count). The van der Waals surface area contributed by atoms with Gasteiger partial charge in [0.2, 0.25) is 0 Å². The fourth-order valence-corrected chi connectivity index (χ4v) is 4.13. The third-order valence-corrected chi connectivity index (χ3v) is 5.61. The minimum absolute atomic E-state index is 0.0148. The van der Waals surface area contributed by atoms with Crippen molar-refractivity contribution in [3.05, 3.63) is 83.3 Å². The molecule has 1 N–H and O–H groups in total. The lowest BCUT2D eigenvalue weighted by atomic mass is 10.0. The van der Waals surface area contributed by atoms with Crippen molar-refractivity contribution in [2.75, 3.05) is 20.3 Å². The van der Waals surface area contributed by atoms with Crippen LogP contribution in [0.5, 0.6) is 0 Å². The van der Waals surface area contributed by atoms with E-state index in [2.05, 4.69) is 5.32 Å². The molecule has 0 saturated carbocycles. The van der Waals surface area contributed by atoms with Crippen LogP contribution < -0.4 is 5.32 Å². The van der Waals surface area contributed by atoms with Crippen LogP contribution in [0.4, 0.5) is 4.39 Å². The normalized spacial score (nSPS) is 11.1. The van der Waals surface area contributed by atoms with Crippen LogP contribution in [0.3, 0.4) is 0 Å². The predicted octanol–water partition coefficient (Wildman–Crippen LogP) is 4.42. The highest BCUT2D eigenvalue weighted by Crippen LogP contribution is 2.30. The maximum absolute atomic E-state index is 14.0. The fourth-order valence-electron chi connectivity index (χ4n) is 4.13. The van der Waals surface area contributed by atoms with E-state index in [0.717, 1.165) is 32.8 Å². The van der Waals surface area contributed by atoms with E-state index < -0.39 is 11.9 Å². The molecule has 0 aliphatic carbocycles. The summed E-state index contributed by atoms with van der Waals surface area (Å²) < 4.78 is 26.0. The van der Waals surface area contributed by atoms with Gasteiger partial charge >= 0.3 is 11.9 Å². The van der Waals surface area contributed by atoms with E-state index in [0.29, 0.717) is 12.2 Å². The van der Waals surface area contributed by atoms with E-state index in [9.17, 15) is 14.0 Å². The number of methoxy groups -OCH3 is 1. The molecule has 1 aromatic heterocycles. The highest BCUT2D eigenvalue weighted by Gasteiger charge is 2.24. The van der Waals surface area contributed by atoms with Crippen molar-refractivity contribution in [3.63, 3.8) is 0 Å². The van der Waals surface area contributed by atoms with Crippen LogP contribution >= 0.6 is 0 Å². The number of para-hydroxylation sites is 1. The Labute approximate surface area is 190 Å². The molecule has 0 saturated heterocycles. The zero-order chi connectivity index (χ0) is 23.4. The van der Waals surface area contributed by atoms with E-state index in [1.54, 1.807) is 13.0 Å². The number of esters is 2. The lowest BCUT2D eigenvalue weighted by molar-refractivity contribution is -0.139. The topological polar surface area (TPSA) is 69.6 Å². The number of fused-ring (bicyclic) bond motifs is 2. The molecule has 7 heteroatoms. The molecule has 6 nitrogen and oxygen atoms in total. The Kier molecular flexibility index (Phi) is 6.70. The monoisotopic (exact) mass is 448 g/mol. The van der Waals surface area contributed by atoms with E-state index >= 15 is 0 Å². The Morgan fingerprint density at radius 3 is 2.64 bits per heavy atom.